The van der Waals surface area contributed by atoms with Gasteiger partial charge >= 0.3 is 0 Å². The summed E-state index contributed by atoms with van der Waals surface area (Å²) >= 11 is 12.1. The molecule has 1 fully saturated rings. The Bertz CT molecular complexity index is 720. The number of hydrogen-bond donors (Lipinski definition) is 1. The summed E-state index contributed by atoms with van der Waals surface area (Å²) in [6.07, 6.45) is 3.86. The molecule has 1 N–H and O–H groups in total. The fourth-order valence-corrected chi connectivity index (χ4v) is 3.08. The van der Waals surface area contributed by atoms with Crippen LogP contribution in [0.1, 0.15) is 6.42 Å². The Morgan fingerprint density at radius 3 is 2.52 bits per heavy atom. The van der Waals surface area contributed by atoms with Crippen LogP contribution in [0.5, 0.6) is 0 Å². The molecule has 0 bridgehead atoms. The van der Waals surface area contributed by atoms with Crippen molar-refractivity contribution in [2.45, 2.75) is 6.42 Å². The minimum absolute atomic E-state index is 0.124. The molecule has 0 saturated carbocycles. The number of halogens is 2. The maximum absolute atomic E-state index is 12.4. The van der Waals surface area contributed by atoms with Gasteiger partial charge in [0, 0.05) is 51.5 Å². The summed E-state index contributed by atoms with van der Waals surface area (Å²) in [4.78, 5) is 24.8. The Morgan fingerprint density at radius 1 is 1.08 bits per heavy atom. The van der Waals surface area contributed by atoms with Crippen LogP contribution in [-0.4, -0.2) is 53.5 Å². The van der Waals surface area contributed by atoms with E-state index in [0.29, 0.717) is 42.0 Å². The van der Waals surface area contributed by atoms with Crippen molar-refractivity contribution in [3.8, 4) is 0 Å². The highest BCUT2D eigenvalue weighted by Gasteiger charge is 2.22. The topological polar surface area (TPSA) is 61.4 Å². The van der Waals surface area contributed by atoms with Crippen molar-refractivity contribution < 1.29 is 4.79 Å². The summed E-state index contributed by atoms with van der Waals surface area (Å²) in [5.41, 5.74) is 0.744. The molecule has 1 aliphatic heterocycles. The molecule has 1 aliphatic rings. The lowest BCUT2D eigenvalue weighted by molar-refractivity contribution is -0.131. The van der Waals surface area contributed by atoms with E-state index in [-0.39, 0.29) is 5.91 Å². The highest BCUT2D eigenvalue weighted by molar-refractivity contribution is 6.43. The molecule has 1 amide bonds. The van der Waals surface area contributed by atoms with E-state index in [0.717, 1.165) is 18.8 Å². The van der Waals surface area contributed by atoms with Crippen LogP contribution in [0.15, 0.2) is 36.7 Å². The molecule has 25 heavy (non-hydrogen) atoms. The third-order valence-corrected chi connectivity index (χ3v) is 4.89. The lowest BCUT2D eigenvalue weighted by Crippen LogP contribution is -2.49. The standard InChI is InChI=1S/C17H19Cl2N5O/c18-13-3-1-4-14(16(13)19)20-8-5-15(25)23-9-11-24(12-10-23)17-21-6-2-7-22-17/h1-4,6-7,20H,5,8-12H2. The molecule has 1 aromatic carbocycles. The predicted octanol–water partition coefficient (Wildman–Crippen LogP) is 2.93. The zero-order chi connectivity index (χ0) is 17.6. The Morgan fingerprint density at radius 2 is 1.80 bits per heavy atom. The molecule has 2 heterocycles. The Hall–Kier alpha value is -2.05. The van der Waals surface area contributed by atoms with Crippen LogP contribution in [0.3, 0.4) is 0 Å². The number of rotatable bonds is 5. The first-order valence-corrected chi connectivity index (χ1v) is 8.88. The number of carbonyl (C=O) groups excluding carboxylic acids is 1. The van der Waals surface area contributed by atoms with E-state index >= 15 is 0 Å². The third kappa shape index (κ3) is 4.52. The smallest absolute Gasteiger partial charge is 0.225 e. The van der Waals surface area contributed by atoms with Crippen LogP contribution in [0.4, 0.5) is 11.6 Å². The van der Waals surface area contributed by atoms with E-state index in [1.54, 1.807) is 24.5 Å². The van der Waals surface area contributed by atoms with Crippen molar-refractivity contribution in [3.05, 3.63) is 46.7 Å². The average molecular weight is 380 g/mol. The van der Waals surface area contributed by atoms with Crippen molar-refractivity contribution >= 4 is 40.7 Å². The van der Waals surface area contributed by atoms with Gasteiger partial charge in [-0.05, 0) is 18.2 Å². The van der Waals surface area contributed by atoms with Gasteiger partial charge in [0.25, 0.3) is 0 Å². The number of nitrogens with zero attached hydrogens (tertiary/aromatic N) is 4. The third-order valence-electron chi connectivity index (χ3n) is 4.07. The molecule has 3 rings (SSSR count). The van der Waals surface area contributed by atoms with Crippen molar-refractivity contribution in [1.29, 1.82) is 0 Å². The Labute approximate surface area is 156 Å². The van der Waals surface area contributed by atoms with E-state index in [1.807, 2.05) is 17.0 Å². The van der Waals surface area contributed by atoms with Gasteiger partial charge in [-0.1, -0.05) is 29.3 Å². The summed E-state index contributed by atoms with van der Waals surface area (Å²) in [5, 5.41) is 4.14. The molecule has 6 nitrogen and oxygen atoms in total. The maximum Gasteiger partial charge on any atom is 0.225 e. The molecular formula is C17H19Cl2N5O. The van der Waals surface area contributed by atoms with Gasteiger partial charge < -0.3 is 15.1 Å². The van der Waals surface area contributed by atoms with Gasteiger partial charge in [-0.2, -0.15) is 0 Å². The van der Waals surface area contributed by atoms with Crippen LogP contribution in [0, 0.1) is 0 Å². The highest BCUT2D eigenvalue weighted by atomic mass is 35.5. The zero-order valence-electron chi connectivity index (χ0n) is 13.7. The number of aromatic nitrogens is 2. The van der Waals surface area contributed by atoms with Crippen molar-refractivity contribution in [3.63, 3.8) is 0 Å². The van der Waals surface area contributed by atoms with Crippen molar-refractivity contribution in [2.75, 3.05) is 42.9 Å². The largest absolute Gasteiger partial charge is 0.383 e. The molecule has 1 saturated heterocycles. The number of hydrogen-bond acceptors (Lipinski definition) is 5. The normalized spacial score (nSPS) is 14.5. The predicted molar refractivity (Wildman–Crippen MR) is 100 cm³/mol. The lowest BCUT2D eigenvalue weighted by atomic mass is 10.2. The Kier molecular flexibility index (Phi) is 5.94. The first-order chi connectivity index (χ1) is 12.1. The average Bonchev–Trinajstić information content (AvgIpc) is 2.66. The van der Waals surface area contributed by atoms with Gasteiger partial charge in [0.1, 0.15) is 0 Å². The van der Waals surface area contributed by atoms with E-state index in [1.165, 1.54) is 0 Å². The zero-order valence-corrected chi connectivity index (χ0v) is 15.2. The molecule has 2 aromatic rings. The van der Waals surface area contributed by atoms with Crippen LogP contribution in [0.2, 0.25) is 10.0 Å². The number of piperazine rings is 1. The number of amides is 1. The molecule has 0 radical (unpaired) electrons. The number of nitrogens with one attached hydrogen (secondary N) is 1. The lowest BCUT2D eigenvalue weighted by Gasteiger charge is -2.34. The van der Waals surface area contributed by atoms with E-state index in [9.17, 15) is 4.79 Å². The van der Waals surface area contributed by atoms with Crippen LogP contribution < -0.4 is 10.2 Å². The van der Waals surface area contributed by atoms with E-state index in [2.05, 4.69) is 20.2 Å². The van der Waals surface area contributed by atoms with E-state index < -0.39 is 0 Å². The van der Waals surface area contributed by atoms with Crippen LogP contribution in [0.25, 0.3) is 0 Å². The summed E-state index contributed by atoms with van der Waals surface area (Å²) in [7, 11) is 0. The van der Waals surface area contributed by atoms with E-state index in [4.69, 9.17) is 23.2 Å². The monoisotopic (exact) mass is 379 g/mol. The fourth-order valence-electron chi connectivity index (χ4n) is 2.71. The first kappa shape index (κ1) is 17.8. The molecule has 8 heteroatoms. The summed E-state index contributed by atoms with van der Waals surface area (Å²) < 4.78 is 0. The second-order valence-corrected chi connectivity index (χ2v) is 6.48. The molecule has 0 aliphatic carbocycles. The molecule has 0 atom stereocenters. The van der Waals surface area contributed by atoms with Gasteiger partial charge in [0.15, 0.2) is 0 Å². The van der Waals surface area contributed by atoms with Crippen LogP contribution in [-0.2, 0) is 4.79 Å². The quantitative estimate of drug-likeness (QED) is 0.864. The second-order valence-electron chi connectivity index (χ2n) is 5.69. The molecular weight excluding hydrogens is 361 g/mol. The minimum atomic E-state index is 0.124. The first-order valence-electron chi connectivity index (χ1n) is 8.13. The number of carbonyl (C=O) groups is 1. The van der Waals surface area contributed by atoms with Gasteiger partial charge in [0.05, 0.1) is 15.7 Å². The Balaban J connectivity index is 1.44. The summed E-state index contributed by atoms with van der Waals surface area (Å²) in [6.45, 7) is 3.34. The summed E-state index contributed by atoms with van der Waals surface area (Å²) in [5.74, 6) is 0.839. The van der Waals surface area contributed by atoms with Gasteiger partial charge in [-0.25, -0.2) is 9.97 Å². The minimum Gasteiger partial charge on any atom is -0.383 e. The van der Waals surface area contributed by atoms with Gasteiger partial charge in [-0.3, -0.25) is 4.79 Å². The maximum atomic E-state index is 12.4. The van der Waals surface area contributed by atoms with Gasteiger partial charge in [0.2, 0.25) is 11.9 Å². The second kappa shape index (κ2) is 8.36. The molecule has 132 valence electrons. The SMILES string of the molecule is O=C(CCNc1cccc(Cl)c1Cl)N1CCN(c2ncccn2)CC1. The van der Waals surface area contributed by atoms with Crippen molar-refractivity contribution in [2.24, 2.45) is 0 Å². The fraction of sp³-hybridized carbons (Fsp3) is 0.353. The van der Waals surface area contributed by atoms with Crippen molar-refractivity contribution in [1.82, 2.24) is 14.9 Å². The number of benzene rings is 1. The highest BCUT2D eigenvalue weighted by Crippen LogP contribution is 2.29. The van der Waals surface area contributed by atoms with Crippen LogP contribution >= 0.6 is 23.2 Å². The molecule has 1 aromatic heterocycles. The molecule has 0 spiro atoms. The number of anilines is 2. The summed E-state index contributed by atoms with van der Waals surface area (Å²) in [6, 6.07) is 7.19. The molecule has 0 unspecified atom stereocenters. The van der Waals surface area contributed by atoms with Gasteiger partial charge in [-0.15, -0.1) is 0 Å².